The van der Waals surface area contributed by atoms with E-state index in [1.807, 2.05) is 0 Å². The van der Waals surface area contributed by atoms with E-state index in [0.29, 0.717) is 13.1 Å². The maximum absolute atomic E-state index is 12.0. The predicted octanol–water partition coefficient (Wildman–Crippen LogP) is 2.64. The third kappa shape index (κ3) is 5.97. The van der Waals surface area contributed by atoms with Crippen LogP contribution in [0.1, 0.15) is 19.2 Å². The van der Waals surface area contributed by atoms with Gasteiger partial charge in [0.1, 0.15) is 5.82 Å². The maximum Gasteiger partial charge on any atom is 0.441 e. The number of hydrogen-bond acceptors (Lipinski definition) is 3. The van der Waals surface area contributed by atoms with Crippen LogP contribution < -0.4 is 5.32 Å². The highest BCUT2D eigenvalue weighted by Gasteiger charge is 2.27. The first-order valence-electron chi connectivity index (χ1n) is 5.44. The van der Waals surface area contributed by atoms with Gasteiger partial charge in [0.15, 0.2) is 0 Å². The number of nitrogens with zero attached hydrogens (tertiary/aromatic N) is 2. The van der Waals surface area contributed by atoms with Gasteiger partial charge in [-0.2, -0.15) is 13.2 Å². The fraction of sp³-hybridized carbons (Fsp3) is 0.700. The van der Waals surface area contributed by atoms with E-state index in [4.69, 9.17) is 0 Å². The van der Waals surface area contributed by atoms with E-state index in [9.17, 15) is 13.2 Å². The number of hydrogen-bond donors (Lipinski definition) is 1. The number of nitrogens with one attached hydrogen (secondary N) is 1. The Kier molecular flexibility index (Phi) is 5.84. The Balaban J connectivity index is 2.35. The fourth-order valence-corrected chi connectivity index (χ4v) is 1.87. The number of aryl methyl sites for hydroxylation is 1. The molecule has 0 atom stereocenters. The molecule has 1 N–H and O–H groups in total. The fourth-order valence-electron chi connectivity index (χ4n) is 1.35. The Morgan fingerprint density at radius 2 is 2.24 bits per heavy atom. The highest BCUT2D eigenvalue weighted by atomic mass is 32.2. The summed E-state index contributed by atoms with van der Waals surface area (Å²) < 4.78 is 37.6. The van der Waals surface area contributed by atoms with Gasteiger partial charge in [-0.15, -0.1) is 0 Å². The van der Waals surface area contributed by atoms with Crippen LogP contribution in [-0.2, 0) is 13.1 Å². The van der Waals surface area contributed by atoms with Crippen molar-refractivity contribution in [2.24, 2.45) is 0 Å². The van der Waals surface area contributed by atoms with Crippen LogP contribution in [0.2, 0.25) is 0 Å². The van der Waals surface area contributed by atoms with Crippen molar-refractivity contribution >= 4 is 11.8 Å². The topological polar surface area (TPSA) is 29.9 Å². The minimum absolute atomic E-state index is 0.000162. The van der Waals surface area contributed by atoms with Crippen molar-refractivity contribution in [2.75, 3.05) is 12.3 Å². The average molecular weight is 267 g/mol. The average Bonchev–Trinajstić information content (AvgIpc) is 2.64. The van der Waals surface area contributed by atoms with Gasteiger partial charge in [0.25, 0.3) is 0 Å². The lowest BCUT2D eigenvalue weighted by molar-refractivity contribution is -0.0328. The molecule has 0 amide bonds. The van der Waals surface area contributed by atoms with E-state index >= 15 is 0 Å². The van der Waals surface area contributed by atoms with E-state index in [1.165, 1.54) is 0 Å². The smallest absolute Gasteiger partial charge is 0.333 e. The molecule has 3 nitrogen and oxygen atoms in total. The zero-order valence-electron chi connectivity index (χ0n) is 9.63. The number of alkyl halides is 3. The molecule has 98 valence electrons. The second-order valence-electron chi connectivity index (χ2n) is 3.51. The predicted molar refractivity (Wildman–Crippen MR) is 62.7 cm³/mol. The van der Waals surface area contributed by atoms with Crippen molar-refractivity contribution in [2.45, 2.75) is 31.9 Å². The lowest BCUT2D eigenvalue weighted by Gasteiger charge is -2.09. The first-order valence-corrected chi connectivity index (χ1v) is 6.43. The first-order chi connectivity index (χ1) is 8.03. The quantitative estimate of drug-likeness (QED) is 0.770. The molecule has 17 heavy (non-hydrogen) atoms. The monoisotopic (exact) mass is 267 g/mol. The zero-order chi connectivity index (χ0) is 12.7. The number of aromatic nitrogens is 2. The lowest BCUT2D eigenvalue weighted by Crippen LogP contribution is -2.18. The number of rotatable bonds is 7. The van der Waals surface area contributed by atoms with Crippen molar-refractivity contribution in [1.29, 1.82) is 0 Å². The summed E-state index contributed by atoms with van der Waals surface area (Å²) >= 11 is -0.000162. The molecule has 0 unspecified atom stereocenters. The van der Waals surface area contributed by atoms with Crippen molar-refractivity contribution in [3.8, 4) is 0 Å². The molecule has 0 aliphatic rings. The third-order valence-electron chi connectivity index (χ3n) is 2.11. The Morgan fingerprint density at radius 1 is 1.47 bits per heavy atom. The summed E-state index contributed by atoms with van der Waals surface area (Å²) in [5, 5.41) is 3.17. The van der Waals surface area contributed by atoms with E-state index in [2.05, 4.69) is 17.2 Å². The second kappa shape index (κ2) is 6.90. The minimum Gasteiger partial charge on any atom is -0.333 e. The van der Waals surface area contributed by atoms with E-state index in [1.54, 1.807) is 17.0 Å². The molecule has 0 spiro atoms. The maximum atomic E-state index is 12.0. The minimum atomic E-state index is -4.15. The van der Waals surface area contributed by atoms with E-state index in [-0.39, 0.29) is 17.5 Å². The van der Waals surface area contributed by atoms with Crippen LogP contribution in [0.25, 0.3) is 0 Å². The highest BCUT2D eigenvalue weighted by molar-refractivity contribution is 8.00. The number of thioether (sulfide) groups is 1. The van der Waals surface area contributed by atoms with Crippen molar-refractivity contribution in [1.82, 2.24) is 14.9 Å². The molecule has 0 bridgehead atoms. The molecule has 0 aliphatic heterocycles. The van der Waals surface area contributed by atoms with Crippen molar-refractivity contribution < 1.29 is 13.2 Å². The second-order valence-corrected chi connectivity index (χ2v) is 4.67. The van der Waals surface area contributed by atoms with Crippen LogP contribution >= 0.6 is 11.8 Å². The van der Waals surface area contributed by atoms with Crippen molar-refractivity contribution in [3.05, 3.63) is 18.2 Å². The summed E-state index contributed by atoms with van der Waals surface area (Å²) in [6.07, 6.45) is 4.34. The molecule has 0 saturated carbocycles. The van der Waals surface area contributed by atoms with Gasteiger partial charge in [-0.05, 0) is 24.7 Å². The standard InChI is InChI=1S/C10H16F3N3S/c1-2-3-14-8-9-15-4-5-16(9)6-7-17-10(11,12)13/h4-5,14H,2-3,6-8H2,1H3. The normalized spacial score (nSPS) is 12.0. The molecule has 0 radical (unpaired) electrons. The molecule has 0 aromatic carbocycles. The van der Waals surface area contributed by atoms with Crippen LogP contribution in [0.5, 0.6) is 0 Å². The van der Waals surface area contributed by atoms with Gasteiger partial charge < -0.3 is 9.88 Å². The molecular weight excluding hydrogens is 251 g/mol. The molecule has 1 rings (SSSR count). The van der Waals surface area contributed by atoms with Crippen LogP contribution in [0.4, 0.5) is 13.2 Å². The molecule has 0 saturated heterocycles. The van der Waals surface area contributed by atoms with Gasteiger partial charge in [-0.1, -0.05) is 6.92 Å². The van der Waals surface area contributed by atoms with Gasteiger partial charge in [0.05, 0.1) is 6.54 Å². The van der Waals surface area contributed by atoms with Gasteiger partial charge in [0, 0.05) is 24.7 Å². The summed E-state index contributed by atoms with van der Waals surface area (Å²) in [5.41, 5.74) is -4.15. The van der Waals surface area contributed by atoms with Crippen LogP contribution in [0.15, 0.2) is 12.4 Å². The summed E-state index contributed by atoms with van der Waals surface area (Å²) in [6, 6.07) is 0. The summed E-state index contributed by atoms with van der Waals surface area (Å²) in [5.74, 6) is 0.793. The first kappa shape index (κ1) is 14.4. The van der Waals surface area contributed by atoms with Gasteiger partial charge in [0.2, 0.25) is 0 Å². The number of halogens is 3. The SMILES string of the molecule is CCCNCc1nccn1CCSC(F)(F)F. The summed E-state index contributed by atoms with van der Waals surface area (Å²) in [7, 11) is 0. The van der Waals surface area contributed by atoms with Crippen LogP contribution in [0, 0.1) is 0 Å². The Hall–Kier alpha value is -0.690. The summed E-state index contributed by atoms with van der Waals surface area (Å²) in [4.78, 5) is 4.11. The molecule has 0 aliphatic carbocycles. The van der Waals surface area contributed by atoms with Gasteiger partial charge in [-0.3, -0.25) is 0 Å². The molecule has 1 heterocycles. The van der Waals surface area contributed by atoms with Crippen LogP contribution in [0.3, 0.4) is 0 Å². The van der Waals surface area contributed by atoms with Gasteiger partial charge >= 0.3 is 5.51 Å². The molecular formula is C10H16F3N3S. The highest BCUT2D eigenvalue weighted by Crippen LogP contribution is 2.30. The van der Waals surface area contributed by atoms with Crippen molar-refractivity contribution in [3.63, 3.8) is 0 Å². The largest absolute Gasteiger partial charge is 0.441 e. The molecule has 1 aromatic rings. The Morgan fingerprint density at radius 3 is 2.88 bits per heavy atom. The lowest BCUT2D eigenvalue weighted by atomic mass is 10.4. The number of imidazole rings is 1. The van der Waals surface area contributed by atoms with E-state index < -0.39 is 5.51 Å². The third-order valence-corrected chi connectivity index (χ3v) is 2.82. The molecule has 1 aromatic heterocycles. The Labute approximate surface area is 103 Å². The molecule has 0 fully saturated rings. The summed E-state index contributed by atoms with van der Waals surface area (Å²) in [6.45, 7) is 3.86. The van der Waals surface area contributed by atoms with E-state index in [0.717, 1.165) is 18.8 Å². The van der Waals surface area contributed by atoms with Crippen LogP contribution in [-0.4, -0.2) is 27.4 Å². The van der Waals surface area contributed by atoms with Gasteiger partial charge in [-0.25, -0.2) is 4.98 Å². The Bertz CT molecular complexity index is 325. The zero-order valence-corrected chi connectivity index (χ0v) is 10.4. The molecule has 7 heteroatoms.